The first-order valence-electron chi connectivity index (χ1n) is 10.6. The van der Waals surface area contributed by atoms with Gasteiger partial charge in [0.05, 0.1) is 0 Å². The average molecular weight is 349 g/mol. The molecule has 1 aromatic rings. The van der Waals surface area contributed by atoms with Crippen molar-refractivity contribution in [3.8, 4) is 0 Å². The molecule has 0 amide bonds. The van der Waals surface area contributed by atoms with Gasteiger partial charge in [-0.1, -0.05) is 51.5 Å². The number of rotatable bonds is 6. The standard InChI is InChI=1S/C23H34F2/c1-17-6-11-20(12-7-17)21-13-8-18(9-14-21)4-2-3-5-19-10-15-22(24)23(25)16-19/h10,15-18,20-21H,2-9,11-14H2,1H3. The van der Waals surface area contributed by atoms with Crippen molar-refractivity contribution in [2.75, 3.05) is 0 Å². The van der Waals surface area contributed by atoms with E-state index in [1.165, 1.54) is 76.3 Å². The van der Waals surface area contributed by atoms with E-state index in [4.69, 9.17) is 0 Å². The van der Waals surface area contributed by atoms with Crippen LogP contribution in [0.4, 0.5) is 8.78 Å². The van der Waals surface area contributed by atoms with Crippen LogP contribution in [0, 0.1) is 35.3 Å². The van der Waals surface area contributed by atoms with Crippen LogP contribution in [0.3, 0.4) is 0 Å². The normalized spacial score (nSPS) is 30.4. The van der Waals surface area contributed by atoms with E-state index >= 15 is 0 Å². The lowest BCUT2D eigenvalue weighted by atomic mass is 9.69. The summed E-state index contributed by atoms with van der Waals surface area (Å²) in [5.41, 5.74) is 0.925. The average Bonchev–Trinajstić information content (AvgIpc) is 2.63. The molecule has 3 rings (SSSR count). The summed E-state index contributed by atoms with van der Waals surface area (Å²) >= 11 is 0. The number of unbranched alkanes of at least 4 members (excludes halogenated alkanes) is 1. The fraction of sp³-hybridized carbons (Fsp3) is 0.739. The molecule has 2 heteroatoms. The second kappa shape index (κ2) is 9.14. The van der Waals surface area contributed by atoms with Crippen molar-refractivity contribution in [1.82, 2.24) is 0 Å². The zero-order chi connectivity index (χ0) is 17.6. The van der Waals surface area contributed by atoms with Crippen molar-refractivity contribution in [3.63, 3.8) is 0 Å². The maximum absolute atomic E-state index is 13.2. The van der Waals surface area contributed by atoms with Crippen LogP contribution >= 0.6 is 0 Å². The summed E-state index contributed by atoms with van der Waals surface area (Å²) in [5, 5.41) is 0. The summed E-state index contributed by atoms with van der Waals surface area (Å²) in [6.07, 6.45) is 16.1. The third-order valence-electron chi connectivity index (χ3n) is 6.93. The predicted octanol–water partition coefficient (Wildman–Crippen LogP) is 7.31. The smallest absolute Gasteiger partial charge is 0.159 e. The van der Waals surface area contributed by atoms with Gasteiger partial charge in [0.1, 0.15) is 0 Å². The van der Waals surface area contributed by atoms with Gasteiger partial charge in [0.2, 0.25) is 0 Å². The molecule has 0 bridgehead atoms. The van der Waals surface area contributed by atoms with Gasteiger partial charge in [0, 0.05) is 0 Å². The van der Waals surface area contributed by atoms with Gasteiger partial charge in [-0.2, -0.15) is 0 Å². The largest absolute Gasteiger partial charge is 0.204 e. The molecule has 0 heterocycles. The van der Waals surface area contributed by atoms with Gasteiger partial charge in [-0.15, -0.1) is 0 Å². The molecular weight excluding hydrogens is 314 g/mol. The minimum atomic E-state index is -0.743. The lowest BCUT2D eigenvalue weighted by Gasteiger charge is -2.37. The highest BCUT2D eigenvalue weighted by Crippen LogP contribution is 2.42. The zero-order valence-corrected chi connectivity index (χ0v) is 15.8. The highest BCUT2D eigenvalue weighted by molar-refractivity contribution is 5.17. The fourth-order valence-electron chi connectivity index (χ4n) is 5.16. The summed E-state index contributed by atoms with van der Waals surface area (Å²) in [6.45, 7) is 2.41. The van der Waals surface area contributed by atoms with Gasteiger partial charge in [-0.3, -0.25) is 0 Å². The third-order valence-corrected chi connectivity index (χ3v) is 6.93. The van der Waals surface area contributed by atoms with Gasteiger partial charge in [0.15, 0.2) is 11.6 Å². The van der Waals surface area contributed by atoms with E-state index in [0.717, 1.165) is 42.1 Å². The Bertz CT molecular complexity index is 523. The Hall–Kier alpha value is -0.920. The van der Waals surface area contributed by atoms with Crippen molar-refractivity contribution < 1.29 is 8.78 Å². The molecule has 0 atom stereocenters. The van der Waals surface area contributed by atoms with Crippen LogP contribution in [0.5, 0.6) is 0 Å². The van der Waals surface area contributed by atoms with Crippen molar-refractivity contribution >= 4 is 0 Å². The number of benzene rings is 1. The van der Waals surface area contributed by atoms with Crippen molar-refractivity contribution in [2.24, 2.45) is 23.7 Å². The van der Waals surface area contributed by atoms with E-state index in [1.807, 2.05) is 0 Å². The zero-order valence-electron chi connectivity index (χ0n) is 15.8. The maximum atomic E-state index is 13.2. The summed E-state index contributed by atoms with van der Waals surface area (Å²) in [6, 6.07) is 4.32. The monoisotopic (exact) mass is 348 g/mol. The molecule has 0 aromatic heterocycles. The Morgan fingerprint density at radius 3 is 2.08 bits per heavy atom. The topological polar surface area (TPSA) is 0 Å². The maximum Gasteiger partial charge on any atom is 0.159 e. The van der Waals surface area contributed by atoms with Gasteiger partial charge >= 0.3 is 0 Å². The third kappa shape index (κ3) is 5.53. The van der Waals surface area contributed by atoms with Gasteiger partial charge < -0.3 is 0 Å². The first kappa shape index (κ1) is 18.9. The Morgan fingerprint density at radius 2 is 1.44 bits per heavy atom. The lowest BCUT2D eigenvalue weighted by molar-refractivity contribution is 0.146. The number of halogens is 2. The minimum absolute atomic E-state index is 0.715. The van der Waals surface area contributed by atoms with E-state index in [9.17, 15) is 8.78 Å². The van der Waals surface area contributed by atoms with E-state index in [0.29, 0.717) is 0 Å². The molecule has 0 saturated heterocycles. The summed E-state index contributed by atoms with van der Waals surface area (Å²) in [7, 11) is 0. The molecule has 0 radical (unpaired) electrons. The molecule has 0 spiro atoms. The number of hydrogen-bond acceptors (Lipinski definition) is 0. The molecule has 2 aliphatic carbocycles. The highest BCUT2D eigenvalue weighted by atomic mass is 19.2. The number of hydrogen-bond donors (Lipinski definition) is 0. The van der Waals surface area contributed by atoms with Crippen LogP contribution in [0.15, 0.2) is 18.2 Å². The molecule has 2 saturated carbocycles. The lowest BCUT2D eigenvalue weighted by Crippen LogP contribution is -2.25. The Kier molecular flexibility index (Phi) is 6.90. The molecule has 2 fully saturated rings. The molecule has 1 aromatic carbocycles. The van der Waals surface area contributed by atoms with Crippen LogP contribution in [-0.4, -0.2) is 0 Å². The van der Waals surface area contributed by atoms with Gasteiger partial charge in [-0.05, 0) is 79.9 Å². The molecule has 25 heavy (non-hydrogen) atoms. The molecule has 0 nitrogen and oxygen atoms in total. The van der Waals surface area contributed by atoms with E-state index < -0.39 is 11.6 Å². The Balaban J connectivity index is 1.31. The van der Waals surface area contributed by atoms with E-state index in [-0.39, 0.29) is 0 Å². The molecular formula is C23H34F2. The predicted molar refractivity (Wildman–Crippen MR) is 100 cm³/mol. The van der Waals surface area contributed by atoms with Gasteiger partial charge in [-0.25, -0.2) is 8.78 Å². The molecule has 0 aliphatic heterocycles. The van der Waals surface area contributed by atoms with Crippen molar-refractivity contribution in [3.05, 3.63) is 35.4 Å². The van der Waals surface area contributed by atoms with Gasteiger partial charge in [0.25, 0.3) is 0 Å². The molecule has 2 aliphatic rings. The fourth-order valence-corrected chi connectivity index (χ4v) is 5.16. The highest BCUT2D eigenvalue weighted by Gasteiger charge is 2.29. The van der Waals surface area contributed by atoms with Crippen LogP contribution in [0.1, 0.15) is 83.1 Å². The summed E-state index contributed by atoms with van der Waals surface area (Å²) in [5.74, 6) is 2.43. The SMILES string of the molecule is CC1CCC(C2CCC(CCCCc3ccc(F)c(F)c3)CC2)CC1. The molecule has 0 unspecified atom stereocenters. The minimum Gasteiger partial charge on any atom is -0.204 e. The Morgan fingerprint density at radius 1 is 0.800 bits per heavy atom. The van der Waals surface area contributed by atoms with Crippen LogP contribution in [0.25, 0.3) is 0 Å². The summed E-state index contributed by atoms with van der Waals surface area (Å²) < 4.78 is 26.2. The molecule has 140 valence electrons. The summed E-state index contributed by atoms with van der Waals surface area (Å²) in [4.78, 5) is 0. The number of aryl methyl sites for hydroxylation is 1. The van der Waals surface area contributed by atoms with Crippen molar-refractivity contribution in [2.45, 2.75) is 84.0 Å². The quantitative estimate of drug-likeness (QED) is 0.473. The van der Waals surface area contributed by atoms with Crippen molar-refractivity contribution in [1.29, 1.82) is 0 Å². The second-order valence-electron chi connectivity index (χ2n) is 8.80. The first-order valence-corrected chi connectivity index (χ1v) is 10.6. The van der Waals surface area contributed by atoms with E-state index in [1.54, 1.807) is 6.07 Å². The van der Waals surface area contributed by atoms with E-state index in [2.05, 4.69) is 6.92 Å². The van der Waals surface area contributed by atoms with Crippen LogP contribution < -0.4 is 0 Å². The Labute approximate surface area is 152 Å². The molecule has 0 N–H and O–H groups in total. The first-order chi connectivity index (χ1) is 12.1. The second-order valence-corrected chi connectivity index (χ2v) is 8.80. The van der Waals surface area contributed by atoms with Crippen LogP contribution in [-0.2, 0) is 6.42 Å². The van der Waals surface area contributed by atoms with Crippen LogP contribution in [0.2, 0.25) is 0 Å².